The van der Waals surface area contributed by atoms with Gasteiger partial charge >= 0.3 is 0 Å². The van der Waals surface area contributed by atoms with Crippen molar-refractivity contribution in [3.8, 4) is 0 Å². The van der Waals surface area contributed by atoms with Gasteiger partial charge in [-0.25, -0.2) is 9.97 Å². The van der Waals surface area contributed by atoms with E-state index >= 15 is 0 Å². The molecule has 2 heterocycles. The van der Waals surface area contributed by atoms with Gasteiger partial charge in [0.05, 0.1) is 11.4 Å². The lowest BCUT2D eigenvalue weighted by molar-refractivity contribution is 0.776. The SMILES string of the molecule is CCCCN1c2ccccc2Nc2nccnc21. The molecule has 0 unspecified atom stereocenters. The largest absolute Gasteiger partial charge is 0.335 e. The second-order valence-electron chi connectivity index (χ2n) is 4.38. The molecule has 0 atom stereocenters. The zero-order valence-corrected chi connectivity index (χ0v) is 10.4. The van der Waals surface area contributed by atoms with E-state index in [0.29, 0.717) is 0 Å². The summed E-state index contributed by atoms with van der Waals surface area (Å²) in [7, 11) is 0. The van der Waals surface area contributed by atoms with Crippen molar-refractivity contribution in [2.24, 2.45) is 0 Å². The first-order chi connectivity index (χ1) is 8.90. The maximum Gasteiger partial charge on any atom is 0.176 e. The molecular weight excluding hydrogens is 224 g/mol. The van der Waals surface area contributed by atoms with E-state index in [1.165, 1.54) is 12.1 Å². The van der Waals surface area contributed by atoms with Crippen LogP contribution in [0.15, 0.2) is 36.7 Å². The van der Waals surface area contributed by atoms with Crippen LogP contribution in [0.5, 0.6) is 0 Å². The lowest BCUT2D eigenvalue weighted by atomic mass is 10.2. The van der Waals surface area contributed by atoms with E-state index in [9.17, 15) is 0 Å². The highest BCUT2D eigenvalue weighted by atomic mass is 15.3. The van der Waals surface area contributed by atoms with E-state index in [1.54, 1.807) is 12.4 Å². The Labute approximate surface area is 107 Å². The van der Waals surface area contributed by atoms with Gasteiger partial charge in [-0.15, -0.1) is 0 Å². The molecule has 1 aliphatic heterocycles. The van der Waals surface area contributed by atoms with E-state index < -0.39 is 0 Å². The summed E-state index contributed by atoms with van der Waals surface area (Å²) in [6, 6.07) is 8.29. The standard InChI is InChI=1S/C14H16N4/c1-2-3-10-18-12-7-5-4-6-11(12)17-13-14(18)16-9-8-15-13/h4-9H,2-3,10H2,1H3,(H,15,17). The Balaban J connectivity index is 2.05. The van der Waals surface area contributed by atoms with Crippen molar-refractivity contribution in [1.29, 1.82) is 0 Å². The van der Waals surface area contributed by atoms with Crippen molar-refractivity contribution < 1.29 is 0 Å². The highest BCUT2D eigenvalue weighted by Gasteiger charge is 2.23. The number of rotatable bonds is 3. The van der Waals surface area contributed by atoms with E-state index in [2.05, 4.69) is 45.3 Å². The van der Waals surface area contributed by atoms with Gasteiger partial charge in [0.15, 0.2) is 11.6 Å². The molecule has 18 heavy (non-hydrogen) atoms. The average molecular weight is 240 g/mol. The Morgan fingerprint density at radius 3 is 2.89 bits per heavy atom. The molecule has 92 valence electrons. The number of nitrogens with zero attached hydrogens (tertiary/aromatic N) is 3. The molecular formula is C14H16N4. The fraction of sp³-hybridized carbons (Fsp3) is 0.286. The highest BCUT2D eigenvalue weighted by Crippen LogP contribution is 2.40. The number of aromatic nitrogens is 2. The fourth-order valence-corrected chi connectivity index (χ4v) is 2.22. The molecule has 0 bridgehead atoms. The number of hydrogen-bond acceptors (Lipinski definition) is 4. The third-order valence-electron chi connectivity index (χ3n) is 3.12. The van der Waals surface area contributed by atoms with Gasteiger partial charge in [0.25, 0.3) is 0 Å². The van der Waals surface area contributed by atoms with Gasteiger partial charge < -0.3 is 10.2 Å². The molecule has 4 nitrogen and oxygen atoms in total. The van der Waals surface area contributed by atoms with Crippen LogP contribution in [0.3, 0.4) is 0 Å². The first-order valence-corrected chi connectivity index (χ1v) is 6.34. The lowest BCUT2D eigenvalue weighted by Crippen LogP contribution is -2.25. The van der Waals surface area contributed by atoms with Crippen molar-refractivity contribution in [3.05, 3.63) is 36.7 Å². The molecule has 0 amide bonds. The van der Waals surface area contributed by atoms with Crippen molar-refractivity contribution in [1.82, 2.24) is 9.97 Å². The number of anilines is 4. The zero-order valence-electron chi connectivity index (χ0n) is 10.4. The summed E-state index contributed by atoms with van der Waals surface area (Å²) < 4.78 is 0. The highest BCUT2D eigenvalue weighted by molar-refractivity contribution is 5.87. The monoisotopic (exact) mass is 240 g/mol. The molecule has 1 N–H and O–H groups in total. The van der Waals surface area contributed by atoms with Gasteiger partial charge in [-0.2, -0.15) is 0 Å². The van der Waals surface area contributed by atoms with Crippen LogP contribution in [0.25, 0.3) is 0 Å². The molecule has 0 saturated heterocycles. The normalized spacial score (nSPS) is 12.6. The fourth-order valence-electron chi connectivity index (χ4n) is 2.22. The summed E-state index contributed by atoms with van der Waals surface area (Å²) in [6.07, 6.45) is 5.77. The third kappa shape index (κ3) is 1.79. The van der Waals surface area contributed by atoms with Crippen molar-refractivity contribution in [2.45, 2.75) is 19.8 Å². The van der Waals surface area contributed by atoms with Crippen LogP contribution in [0.2, 0.25) is 0 Å². The molecule has 4 heteroatoms. The van der Waals surface area contributed by atoms with Gasteiger partial charge in [-0.3, -0.25) is 0 Å². The van der Waals surface area contributed by atoms with E-state index in [-0.39, 0.29) is 0 Å². The smallest absolute Gasteiger partial charge is 0.176 e. The van der Waals surface area contributed by atoms with Gasteiger partial charge in [0.1, 0.15) is 0 Å². The summed E-state index contributed by atoms with van der Waals surface area (Å²) in [5.41, 5.74) is 2.28. The van der Waals surface area contributed by atoms with Crippen LogP contribution >= 0.6 is 0 Å². The second-order valence-corrected chi connectivity index (χ2v) is 4.38. The minimum atomic E-state index is 0.840. The Kier molecular flexibility index (Phi) is 2.84. The predicted molar refractivity (Wildman–Crippen MR) is 73.7 cm³/mol. The van der Waals surface area contributed by atoms with Gasteiger partial charge in [0, 0.05) is 18.9 Å². The molecule has 0 aliphatic carbocycles. The molecule has 2 aromatic rings. The van der Waals surface area contributed by atoms with Crippen LogP contribution < -0.4 is 10.2 Å². The van der Waals surface area contributed by atoms with Gasteiger partial charge in [0.2, 0.25) is 0 Å². The van der Waals surface area contributed by atoms with E-state index in [4.69, 9.17) is 0 Å². The maximum absolute atomic E-state index is 4.45. The number of unbranched alkanes of at least 4 members (excludes halogenated alkanes) is 1. The minimum Gasteiger partial charge on any atom is -0.335 e. The predicted octanol–water partition coefficient (Wildman–Crippen LogP) is 3.47. The van der Waals surface area contributed by atoms with E-state index in [0.717, 1.165) is 30.3 Å². The van der Waals surface area contributed by atoms with Crippen LogP contribution in [0, 0.1) is 0 Å². The molecule has 1 aromatic carbocycles. The molecule has 0 radical (unpaired) electrons. The van der Waals surface area contributed by atoms with Crippen LogP contribution in [-0.4, -0.2) is 16.5 Å². The van der Waals surface area contributed by atoms with Gasteiger partial charge in [-0.1, -0.05) is 25.5 Å². The van der Waals surface area contributed by atoms with Crippen LogP contribution in [-0.2, 0) is 0 Å². The Hall–Kier alpha value is -2.10. The molecule has 0 fully saturated rings. The van der Waals surface area contributed by atoms with Crippen molar-refractivity contribution in [2.75, 3.05) is 16.8 Å². The number of benzene rings is 1. The number of nitrogens with one attached hydrogen (secondary N) is 1. The summed E-state index contributed by atoms with van der Waals surface area (Å²) in [6.45, 7) is 3.17. The second kappa shape index (κ2) is 4.64. The average Bonchev–Trinajstić information content (AvgIpc) is 2.43. The zero-order chi connectivity index (χ0) is 12.4. The van der Waals surface area contributed by atoms with E-state index in [1.807, 2.05) is 6.07 Å². The van der Waals surface area contributed by atoms with Crippen molar-refractivity contribution >= 4 is 23.0 Å². The number of fused-ring (bicyclic) bond motifs is 2. The summed E-state index contributed by atoms with van der Waals surface area (Å²) in [5.74, 6) is 1.76. The topological polar surface area (TPSA) is 41.0 Å². The number of hydrogen-bond donors (Lipinski definition) is 1. The Morgan fingerprint density at radius 2 is 2.00 bits per heavy atom. The van der Waals surface area contributed by atoms with Crippen LogP contribution in [0.4, 0.5) is 23.0 Å². The molecule has 3 rings (SSSR count). The van der Waals surface area contributed by atoms with Crippen LogP contribution in [0.1, 0.15) is 19.8 Å². The summed E-state index contributed by atoms with van der Waals surface area (Å²) in [5, 5.41) is 3.33. The summed E-state index contributed by atoms with van der Waals surface area (Å²) in [4.78, 5) is 11.1. The lowest BCUT2D eigenvalue weighted by Gasteiger charge is -2.31. The molecule has 0 saturated carbocycles. The van der Waals surface area contributed by atoms with Crippen molar-refractivity contribution in [3.63, 3.8) is 0 Å². The first-order valence-electron chi connectivity index (χ1n) is 6.34. The molecule has 1 aromatic heterocycles. The first kappa shape index (κ1) is 11.0. The minimum absolute atomic E-state index is 0.840. The Bertz CT molecular complexity index is 507. The number of para-hydroxylation sites is 2. The van der Waals surface area contributed by atoms with Gasteiger partial charge in [-0.05, 0) is 18.6 Å². The quantitative estimate of drug-likeness (QED) is 0.891. The third-order valence-corrected chi connectivity index (χ3v) is 3.12. The maximum atomic E-state index is 4.45. The molecule has 0 spiro atoms. The molecule has 1 aliphatic rings. The summed E-state index contributed by atoms with van der Waals surface area (Å²) >= 11 is 0. The Morgan fingerprint density at radius 1 is 1.17 bits per heavy atom.